The summed E-state index contributed by atoms with van der Waals surface area (Å²) in [6, 6.07) is -1.68. The van der Waals surface area contributed by atoms with Crippen molar-refractivity contribution >= 4 is 17.9 Å². The Hall–Kier alpha value is -1.63. The van der Waals surface area contributed by atoms with Crippen LogP contribution in [-0.4, -0.2) is 64.0 Å². The molecule has 2 aliphatic rings. The molecule has 2 N–H and O–H groups in total. The average molecular weight is 325 g/mol. The van der Waals surface area contributed by atoms with Crippen molar-refractivity contribution in [1.82, 2.24) is 15.1 Å². The van der Waals surface area contributed by atoms with Gasteiger partial charge in [-0.2, -0.15) is 0 Å². The predicted octanol–water partition coefficient (Wildman–Crippen LogP) is 1.28. The van der Waals surface area contributed by atoms with Gasteiger partial charge in [-0.3, -0.25) is 4.79 Å². The Balaban J connectivity index is 2.11. The molecule has 0 aliphatic carbocycles. The number of likely N-dealkylation sites (tertiary alicyclic amines) is 1. The fraction of sp³-hybridized carbons (Fsp3) is 0.812. The number of nitrogens with zero attached hydrogens (tertiary/aromatic N) is 2. The first-order valence-corrected chi connectivity index (χ1v) is 8.43. The van der Waals surface area contributed by atoms with E-state index in [1.54, 1.807) is 13.8 Å². The Bertz CT molecular complexity index is 484. The SMILES string of the molecule is CCCCN1CCC2(CC1)NC(=O)N(C(C(=O)O)C(C)C)C2=O. The molecule has 0 aromatic heterocycles. The van der Waals surface area contributed by atoms with Gasteiger partial charge in [0.15, 0.2) is 0 Å². The minimum absolute atomic E-state index is 0.331. The minimum Gasteiger partial charge on any atom is -0.480 e. The quantitative estimate of drug-likeness (QED) is 0.718. The Morgan fingerprint density at radius 3 is 2.39 bits per heavy atom. The van der Waals surface area contributed by atoms with Crippen LogP contribution in [0.2, 0.25) is 0 Å². The maximum atomic E-state index is 12.8. The van der Waals surface area contributed by atoms with Crippen molar-refractivity contribution in [2.45, 2.75) is 58.0 Å². The number of carboxylic acids is 1. The molecule has 2 saturated heterocycles. The molecule has 23 heavy (non-hydrogen) atoms. The van der Waals surface area contributed by atoms with Crippen LogP contribution in [0.4, 0.5) is 4.79 Å². The van der Waals surface area contributed by atoms with Crippen molar-refractivity contribution in [1.29, 1.82) is 0 Å². The van der Waals surface area contributed by atoms with Crippen LogP contribution in [0.1, 0.15) is 46.5 Å². The van der Waals surface area contributed by atoms with E-state index in [1.165, 1.54) is 0 Å². The fourth-order valence-corrected chi connectivity index (χ4v) is 3.47. The van der Waals surface area contributed by atoms with Crippen LogP contribution < -0.4 is 5.32 Å². The maximum Gasteiger partial charge on any atom is 0.327 e. The highest BCUT2D eigenvalue weighted by atomic mass is 16.4. The molecule has 2 fully saturated rings. The van der Waals surface area contributed by atoms with Crippen molar-refractivity contribution in [3.8, 4) is 0 Å². The lowest BCUT2D eigenvalue weighted by atomic mass is 9.87. The third-order valence-corrected chi connectivity index (χ3v) is 4.89. The zero-order valence-electron chi connectivity index (χ0n) is 14.2. The highest BCUT2D eigenvalue weighted by Gasteiger charge is 2.55. The zero-order chi connectivity index (χ0) is 17.2. The van der Waals surface area contributed by atoms with Crippen LogP contribution in [0.15, 0.2) is 0 Å². The lowest BCUT2D eigenvalue weighted by molar-refractivity contribution is -0.150. The molecular weight excluding hydrogens is 298 g/mol. The number of aliphatic carboxylic acids is 1. The van der Waals surface area contributed by atoms with Crippen LogP contribution in [0.25, 0.3) is 0 Å². The van der Waals surface area contributed by atoms with Gasteiger partial charge in [-0.05, 0) is 31.7 Å². The topological polar surface area (TPSA) is 90.0 Å². The van der Waals surface area contributed by atoms with Crippen molar-refractivity contribution < 1.29 is 19.5 Å². The summed E-state index contributed by atoms with van der Waals surface area (Å²) in [6.07, 6.45) is 3.33. The second kappa shape index (κ2) is 6.86. The summed E-state index contributed by atoms with van der Waals surface area (Å²) in [5, 5.41) is 12.2. The third-order valence-electron chi connectivity index (χ3n) is 4.89. The Morgan fingerprint density at radius 2 is 1.91 bits per heavy atom. The Labute approximate surface area is 137 Å². The van der Waals surface area contributed by atoms with Gasteiger partial charge in [0.2, 0.25) is 0 Å². The normalized spacial score (nSPS) is 22.7. The van der Waals surface area contributed by atoms with Crippen molar-refractivity contribution in [3.63, 3.8) is 0 Å². The number of piperidine rings is 1. The van der Waals surface area contributed by atoms with Gasteiger partial charge in [0.25, 0.3) is 5.91 Å². The van der Waals surface area contributed by atoms with Gasteiger partial charge < -0.3 is 15.3 Å². The van der Waals surface area contributed by atoms with E-state index in [-0.39, 0.29) is 11.8 Å². The molecule has 1 unspecified atom stereocenters. The number of nitrogens with one attached hydrogen (secondary N) is 1. The first kappa shape index (κ1) is 17.7. The number of hydrogen-bond acceptors (Lipinski definition) is 4. The molecule has 0 aromatic carbocycles. The first-order valence-electron chi connectivity index (χ1n) is 8.43. The van der Waals surface area contributed by atoms with E-state index in [2.05, 4.69) is 17.1 Å². The maximum absolute atomic E-state index is 12.8. The summed E-state index contributed by atoms with van der Waals surface area (Å²) in [7, 11) is 0. The molecule has 0 aromatic rings. The largest absolute Gasteiger partial charge is 0.480 e. The van der Waals surface area contributed by atoms with Gasteiger partial charge in [0.1, 0.15) is 11.6 Å². The minimum atomic E-state index is -1.14. The average Bonchev–Trinajstić information content (AvgIpc) is 2.71. The van der Waals surface area contributed by atoms with Gasteiger partial charge in [-0.15, -0.1) is 0 Å². The molecule has 2 heterocycles. The van der Waals surface area contributed by atoms with Crippen LogP contribution in [0.5, 0.6) is 0 Å². The van der Waals surface area contributed by atoms with Gasteiger partial charge >= 0.3 is 12.0 Å². The highest BCUT2D eigenvalue weighted by molar-refractivity contribution is 6.09. The molecular formula is C16H27N3O4. The summed E-state index contributed by atoms with van der Waals surface area (Å²) in [4.78, 5) is 39.8. The highest BCUT2D eigenvalue weighted by Crippen LogP contribution is 2.32. The third kappa shape index (κ3) is 3.34. The summed E-state index contributed by atoms with van der Waals surface area (Å²) in [5.41, 5.74) is -0.914. The number of carboxylic acid groups (broad SMARTS) is 1. The van der Waals surface area contributed by atoms with E-state index in [9.17, 15) is 19.5 Å². The van der Waals surface area contributed by atoms with Gasteiger partial charge in [-0.25, -0.2) is 14.5 Å². The van der Waals surface area contributed by atoms with Crippen LogP contribution in [0, 0.1) is 5.92 Å². The first-order chi connectivity index (χ1) is 10.8. The molecule has 130 valence electrons. The molecule has 2 rings (SSSR count). The molecule has 7 nitrogen and oxygen atoms in total. The number of carbonyl (C=O) groups excluding carboxylic acids is 2. The number of imide groups is 1. The summed E-state index contributed by atoms with van der Waals surface area (Å²) in [5.74, 6) is -1.85. The number of carbonyl (C=O) groups is 3. The van der Waals surface area contributed by atoms with Crippen molar-refractivity contribution in [2.24, 2.45) is 5.92 Å². The number of hydrogen-bond donors (Lipinski definition) is 2. The molecule has 7 heteroatoms. The van der Waals surface area contributed by atoms with Crippen molar-refractivity contribution in [3.05, 3.63) is 0 Å². The standard InChI is InChI=1S/C16H27N3O4/c1-4-5-8-18-9-6-16(7-10-18)14(22)19(15(23)17-16)12(11(2)3)13(20)21/h11-12H,4-10H2,1-3H3,(H,17,23)(H,20,21). The van der Waals surface area contributed by atoms with E-state index in [1.807, 2.05) is 0 Å². The lowest BCUT2D eigenvalue weighted by Crippen LogP contribution is -2.56. The smallest absolute Gasteiger partial charge is 0.327 e. The van der Waals surface area contributed by atoms with E-state index in [4.69, 9.17) is 0 Å². The molecule has 2 aliphatic heterocycles. The molecule has 0 saturated carbocycles. The summed E-state index contributed by atoms with van der Waals surface area (Å²) < 4.78 is 0. The van der Waals surface area contributed by atoms with Crippen LogP contribution in [0.3, 0.4) is 0 Å². The van der Waals surface area contributed by atoms with E-state index in [0.717, 1.165) is 37.4 Å². The van der Waals surface area contributed by atoms with Crippen LogP contribution >= 0.6 is 0 Å². The molecule has 0 radical (unpaired) electrons. The van der Waals surface area contributed by atoms with Gasteiger partial charge in [0, 0.05) is 13.1 Å². The predicted molar refractivity (Wildman–Crippen MR) is 85.0 cm³/mol. The monoisotopic (exact) mass is 325 g/mol. The molecule has 1 spiro atoms. The molecule has 3 amide bonds. The fourth-order valence-electron chi connectivity index (χ4n) is 3.47. The number of amides is 3. The lowest BCUT2D eigenvalue weighted by Gasteiger charge is -2.37. The number of unbranched alkanes of at least 4 members (excludes halogenated alkanes) is 1. The second-order valence-electron chi connectivity index (χ2n) is 6.91. The summed E-state index contributed by atoms with van der Waals surface area (Å²) >= 11 is 0. The van der Waals surface area contributed by atoms with Crippen molar-refractivity contribution in [2.75, 3.05) is 19.6 Å². The second-order valence-corrected chi connectivity index (χ2v) is 6.91. The number of urea groups is 1. The van der Waals surface area contributed by atoms with E-state index >= 15 is 0 Å². The van der Waals surface area contributed by atoms with Crippen LogP contribution in [-0.2, 0) is 9.59 Å². The van der Waals surface area contributed by atoms with Gasteiger partial charge in [-0.1, -0.05) is 27.2 Å². The zero-order valence-corrected chi connectivity index (χ0v) is 14.2. The molecule has 0 bridgehead atoms. The van der Waals surface area contributed by atoms with E-state index in [0.29, 0.717) is 12.8 Å². The Morgan fingerprint density at radius 1 is 1.30 bits per heavy atom. The Kier molecular flexibility index (Phi) is 5.29. The molecule has 1 atom stereocenters. The van der Waals surface area contributed by atoms with Gasteiger partial charge in [0.05, 0.1) is 0 Å². The number of rotatable bonds is 6. The summed E-state index contributed by atoms with van der Waals surface area (Å²) in [6.45, 7) is 8.05. The van der Waals surface area contributed by atoms with E-state index < -0.39 is 23.6 Å².